The van der Waals surface area contributed by atoms with Crippen molar-refractivity contribution < 1.29 is 21.6 Å². The second-order valence-corrected chi connectivity index (χ2v) is 8.62. The van der Waals surface area contributed by atoms with Gasteiger partial charge in [0.15, 0.2) is 0 Å². The summed E-state index contributed by atoms with van der Waals surface area (Å²) in [7, 11) is -2.15. The Kier molecular flexibility index (Phi) is 3.73. The minimum absolute atomic E-state index is 0.382. The van der Waals surface area contributed by atoms with Crippen LogP contribution in [0.3, 0.4) is 0 Å². The highest BCUT2D eigenvalue weighted by atomic mass is 32.2. The summed E-state index contributed by atoms with van der Waals surface area (Å²) in [6.45, 7) is 0.447. The van der Waals surface area contributed by atoms with Gasteiger partial charge in [0.25, 0.3) is 0 Å². The maximum atomic E-state index is 13.0. The van der Waals surface area contributed by atoms with E-state index >= 15 is 0 Å². The molecular weight excluding hydrogens is 365 g/mol. The number of benzene rings is 2. The fourth-order valence-electron chi connectivity index (χ4n) is 3.17. The summed E-state index contributed by atoms with van der Waals surface area (Å²) >= 11 is 0. The van der Waals surface area contributed by atoms with Crippen LogP contribution in [-0.2, 0) is 16.4 Å². The maximum absolute atomic E-state index is 13.0. The average Bonchev–Trinajstić information content (AvgIpc) is 3.39. The minimum Gasteiger partial charge on any atom is -0.254 e. The number of alkyl halides is 3. The molecule has 1 saturated carbocycles. The zero-order valence-electron chi connectivity index (χ0n) is 14.0. The normalized spacial score (nSPS) is 18.9. The Labute approximate surface area is 150 Å². The van der Waals surface area contributed by atoms with Crippen LogP contribution in [0, 0.1) is 5.92 Å². The SMILES string of the molecule is CN1c2cc(-c3cccc(C(F)(F)F)c3)ccc2N(CC2CC2)S1(=O)=O. The first-order valence-electron chi connectivity index (χ1n) is 8.26. The fraction of sp³-hybridized carbons (Fsp3) is 0.333. The van der Waals surface area contributed by atoms with Gasteiger partial charge in [-0.15, -0.1) is 0 Å². The van der Waals surface area contributed by atoms with Gasteiger partial charge in [-0.1, -0.05) is 18.2 Å². The van der Waals surface area contributed by atoms with Gasteiger partial charge in [-0.25, -0.2) is 0 Å². The molecule has 0 aromatic heterocycles. The lowest BCUT2D eigenvalue weighted by Crippen LogP contribution is -2.36. The van der Waals surface area contributed by atoms with Crippen LogP contribution in [0.25, 0.3) is 11.1 Å². The Balaban J connectivity index is 1.76. The predicted molar refractivity (Wildman–Crippen MR) is 94.3 cm³/mol. The van der Waals surface area contributed by atoms with Gasteiger partial charge < -0.3 is 0 Å². The highest BCUT2D eigenvalue weighted by molar-refractivity contribution is 7.94. The molecule has 1 aliphatic carbocycles. The van der Waals surface area contributed by atoms with Crippen molar-refractivity contribution in [2.24, 2.45) is 5.92 Å². The first kappa shape index (κ1) is 17.2. The van der Waals surface area contributed by atoms with E-state index < -0.39 is 21.9 Å². The first-order valence-corrected chi connectivity index (χ1v) is 9.66. The number of hydrogen-bond donors (Lipinski definition) is 0. The van der Waals surface area contributed by atoms with E-state index in [1.165, 1.54) is 21.7 Å². The molecule has 0 radical (unpaired) electrons. The lowest BCUT2D eigenvalue weighted by atomic mass is 10.0. The summed E-state index contributed by atoms with van der Waals surface area (Å²) in [5, 5.41) is 0. The Morgan fingerprint density at radius 1 is 1.04 bits per heavy atom. The smallest absolute Gasteiger partial charge is 0.254 e. The van der Waals surface area contributed by atoms with Crippen molar-refractivity contribution in [1.82, 2.24) is 0 Å². The summed E-state index contributed by atoms with van der Waals surface area (Å²) in [4.78, 5) is 0. The summed E-state index contributed by atoms with van der Waals surface area (Å²) < 4.78 is 66.7. The van der Waals surface area contributed by atoms with Crippen LogP contribution in [-0.4, -0.2) is 22.0 Å². The van der Waals surface area contributed by atoms with Crippen molar-refractivity contribution >= 4 is 21.6 Å². The fourth-order valence-corrected chi connectivity index (χ4v) is 4.66. The zero-order chi connectivity index (χ0) is 18.7. The van der Waals surface area contributed by atoms with Gasteiger partial charge in [-0.3, -0.25) is 8.61 Å². The van der Waals surface area contributed by atoms with Crippen molar-refractivity contribution in [3.05, 3.63) is 48.0 Å². The summed E-state index contributed by atoms with van der Waals surface area (Å²) in [5.74, 6) is 0.382. The van der Waals surface area contributed by atoms with Crippen LogP contribution in [0.1, 0.15) is 18.4 Å². The van der Waals surface area contributed by atoms with Gasteiger partial charge in [-0.05, 0) is 54.2 Å². The molecular formula is C18H17F3N2O2S. The van der Waals surface area contributed by atoms with Gasteiger partial charge in [0, 0.05) is 13.6 Å². The molecule has 1 heterocycles. The van der Waals surface area contributed by atoms with Crippen LogP contribution in [0.5, 0.6) is 0 Å². The van der Waals surface area contributed by atoms with Crippen molar-refractivity contribution in [3.63, 3.8) is 0 Å². The third kappa shape index (κ3) is 2.82. The van der Waals surface area contributed by atoms with Crippen molar-refractivity contribution in [2.75, 3.05) is 22.2 Å². The number of nitrogens with zero attached hydrogens (tertiary/aromatic N) is 2. The lowest BCUT2D eigenvalue weighted by molar-refractivity contribution is -0.137. The second kappa shape index (κ2) is 5.64. The molecule has 2 aromatic carbocycles. The van der Waals surface area contributed by atoms with E-state index in [1.54, 1.807) is 24.3 Å². The molecule has 4 rings (SSSR count). The highest BCUT2D eigenvalue weighted by Gasteiger charge is 2.41. The molecule has 0 N–H and O–H groups in total. The number of rotatable bonds is 3. The molecule has 0 spiro atoms. The van der Waals surface area contributed by atoms with Gasteiger partial charge in [0.1, 0.15) is 0 Å². The van der Waals surface area contributed by atoms with Gasteiger partial charge in [0.05, 0.1) is 16.9 Å². The molecule has 0 amide bonds. The van der Waals surface area contributed by atoms with E-state index in [-0.39, 0.29) is 0 Å². The number of halogens is 3. The van der Waals surface area contributed by atoms with Crippen molar-refractivity contribution in [3.8, 4) is 11.1 Å². The minimum atomic E-state index is -4.42. The number of hydrogen-bond acceptors (Lipinski definition) is 2. The first-order chi connectivity index (χ1) is 12.2. The summed E-state index contributed by atoms with van der Waals surface area (Å²) in [6, 6.07) is 10.0. The molecule has 4 nitrogen and oxygen atoms in total. The largest absolute Gasteiger partial charge is 0.416 e. The molecule has 26 heavy (non-hydrogen) atoms. The third-order valence-electron chi connectivity index (χ3n) is 4.85. The predicted octanol–water partition coefficient (Wildman–Crippen LogP) is 4.28. The van der Waals surface area contributed by atoms with Crippen LogP contribution in [0.15, 0.2) is 42.5 Å². The average molecular weight is 382 g/mol. The quantitative estimate of drug-likeness (QED) is 0.795. The van der Waals surface area contributed by atoms with E-state index in [2.05, 4.69) is 0 Å². The van der Waals surface area contributed by atoms with Crippen LogP contribution in [0.2, 0.25) is 0 Å². The van der Waals surface area contributed by atoms with Crippen LogP contribution >= 0.6 is 0 Å². The van der Waals surface area contributed by atoms with Crippen LogP contribution < -0.4 is 8.61 Å². The summed E-state index contributed by atoms with van der Waals surface area (Å²) in [5.41, 5.74) is 1.28. The van der Waals surface area contributed by atoms with E-state index in [0.717, 1.165) is 25.0 Å². The molecule has 1 aliphatic heterocycles. The zero-order valence-corrected chi connectivity index (χ0v) is 14.8. The van der Waals surface area contributed by atoms with E-state index in [1.807, 2.05) is 0 Å². The Hall–Kier alpha value is -2.22. The maximum Gasteiger partial charge on any atom is 0.416 e. The lowest BCUT2D eigenvalue weighted by Gasteiger charge is -2.18. The molecule has 0 unspecified atom stereocenters. The molecule has 0 bridgehead atoms. The topological polar surface area (TPSA) is 40.6 Å². The Morgan fingerprint density at radius 2 is 1.73 bits per heavy atom. The molecule has 138 valence electrons. The molecule has 0 atom stereocenters. The Morgan fingerprint density at radius 3 is 2.38 bits per heavy atom. The van der Waals surface area contributed by atoms with E-state index in [0.29, 0.717) is 35.0 Å². The van der Waals surface area contributed by atoms with Gasteiger partial charge >= 0.3 is 16.4 Å². The molecule has 1 fully saturated rings. The standard InChI is InChI=1S/C18H17F3N2O2S/c1-22-17-10-14(13-3-2-4-15(9-13)18(19,20)21)7-8-16(17)23(26(22,24)25)11-12-5-6-12/h2-4,7-10,12H,5-6,11H2,1H3. The molecule has 0 saturated heterocycles. The van der Waals surface area contributed by atoms with Crippen molar-refractivity contribution in [1.29, 1.82) is 0 Å². The molecule has 2 aliphatic rings. The molecule has 2 aromatic rings. The number of anilines is 2. The molecule has 8 heteroatoms. The summed E-state index contributed by atoms with van der Waals surface area (Å²) in [6.07, 6.45) is -2.38. The highest BCUT2D eigenvalue weighted by Crippen LogP contribution is 2.44. The Bertz CT molecular complexity index is 969. The van der Waals surface area contributed by atoms with Gasteiger partial charge in [-0.2, -0.15) is 21.6 Å². The third-order valence-corrected chi connectivity index (χ3v) is 6.64. The van der Waals surface area contributed by atoms with Crippen molar-refractivity contribution in [2.45, 2.75) is 19.0 Å². The van der Waals surface area contributed by atoms with Crippen LogP contribution in [0.4, 0.5) is 24.5 Å². The monoisotopic (exact) mass is 382 g/mol. The second-order valence-electron chi connectivity index (χ2n) is 6.73. The van der Waals surface area contributed by atoms with E-state index in [9.17, 15) is 21.6 Å². The number of fused-ring (bicyclic) bond motifs is 1. The van der Waals surface area contributed by atoms with E-state index in [4.69, 9.17) is 0 Å². The van der Waals surface area contributed by atoms with Gasteiger partial charge in [0.2, 0.25) is 0 Å².